The second-order valence-electron chi connectivity index (χ2n) is 4.71. The summed E-state index contributed by atoms with van der Waals surface area (Å²) in [7, 11) is -3.68. The number of aryl methyl sites for hydroxylation is 2. The second kappa shape index (κ2) is 6.28. The van der Waals surface area contributed by atoms with Crippen molar-refractivity contribution in [3.8, 4) is 0 Å². The Morgan fingerprint density at radius 2 is 2.10 bits per heavy atom. The van der Waals surface area contributed by atoms with Gasteiger partial charge in [-0.15, -0.1) is 0 Å². The first-order chi connectivity index (χ1) is 9.94. The highest BCUT2D eigenvalue weighted by molar-refractivity contribution is 7.92. The fraction of sp³-hybridized carbons (Fsp3) is 0.357. The van der Waals surface area contributed by atoms with E-state index in [9.17, 15) is 8.42 Å². The molecule has 0 amide bonds. The minimum atomic E-state index is -3.68. The van der Waals surface area contributed by atoms with Crippen molar-refractivity contribution in [3.05, 3.63) is 41.6 Å². The van der Waals surface area contributed by atoms with Crippen molar-refractivity contribution in [1.29, 1.82) is 0 Å². The van der Waals surface area contributed by atoms with Crippen molar-refractivity contribution >= 4 is 15.7 Å². The van der Waals surface area contributed by atoms with E-state index in [1.807, 2.05) is 13.8 Å². The fourth-order valence-electron chi connectivity index (χ4n) is 1.90. The number of hydrogen-bond donors (Lipinski definition) is 2. The minimum Gasteiger partial charge on any atom is -0.464 e. The van der Waals surface area contributed by atoms with Gasteiger partial charge in [-0.25, -0.2) is 8.42 Å². The number of furan rings is 1. The normalized spacial score (nSPS) is 11.6. The van der Waals surface area contributed by atoms with Crippen molar-refractivity contribution in [1.82, 2.24) is 10.3 Å². The summed E-state index contributed by atoms with van der Waals surface area (Å²) in [6, 6.07) is 3.29. The smallest absolute Gasteiger partial charge is 0.265 e. The summed E-state index contributed by atoms with van der Waals surface area (Å²) in [5.41, 5.74) is 1.27. The van der Waals surface area contributed by atoms with Gasteiger partial charge in [0.15, 0.2) is 0 Å². The number of nitrogens with zero attached hydrogens (tertiary/aromatic N) is 1. The van der Waals surface area contributed by atoms with Crippen LogP contribution in [0.25, 0.3) is 0 Å². The van der Waals surface area contributed by atoms with Crippen LogP contribution in [0.5, 0.6) is 0 Å². The Balaban J connectivity index is 2.27. The van der Waals surface area contributed by atoms with Crippen LogP contribution in [0, 0.1) is 13.8 Å². The number of sulfonamides is 1. The van der Waals surface area contributed by atoms with Gasteiger partial charge in [0.1, 0.15) is 16.4 Å². The molecule has 114 valence electrons. The van der Waals surface area contributed by atoms with Crippen molar-refractivity contribution in [2.24, 2.45) is 0 Å². The molecule has 0 atom stereocenters. The molecule has 0 fully saturated rings. The van der Waals surface area contributed by atoms with E-state index in [2.05, 4.69) is 15.0 Å². The summed E-state index contributed by atoms with van der Waals surface area (Å²) in [5, 5.41) is 3.10. The topological polar surface area (TPSA) is 84.2 Å². The molecule has 0 aromatic carbocycles. The first kappa shape index (κ1) is 15.5. The number of nitrogens with one attached hydrogen (secondary N) is 2. The molecule has 0 saturated heterocycles. The Kier molecular flexibility index (Phi) is 4.64. The van der Waals surface area contributed by atoms with E-state index in [4.69, 9.17) is 4.42 Å². The molecule has 2 N–H and O–H groups in total. The quantitative estimate of drug-likeness (QED) is 0.854. The number of pyridine rings is 1. The van der Waals surface area contributed by atoms with Crippen LogP contribution in [0.4, 0.5) is 5.69 Å². The molecule has 0 aliphatic carbocycles. The lowest BCUT2D eigenvalue weighted by Gasteiger charge is -2.08. The van der Waals surface area contributed by atoms with Crippen LogP contribution in [-0.4, -0.2) is 19.9 Å². The van der Waals surface area contributed by atoms with Gasteiger partial charge < -0.3 is 9.73 Å². The summed E-state index contributed by atoms with van der Waals surface area (Å²) in [6.45, 7) is 6.71. The van der Waals surface area contributed by atoms with E-state index in [1.54, 1.807) is 25.3 Å². The van der Waals surface area contributed by atoms with Crippen LogP contribution >= 0.6 is 0 Å². The second-order valence-corrected chi connectivity index (χ2v) is 6.36. The number of hydrogen-bond acceptors (Lipinski definition) is 5. The molecule has 0 radical (unpaired) electrons. The van der Waals surface area contributed by atoms with Crippen molar-refractivity contribution in [2.45, 2.75) is 32.2 Å². The molecule has 7 heteroatoms. The molecule has 2 heterocycles. The van der Waals surface area contributed by atoms with Gasteiger partial charge in [-0.3, -0.25) is 9.71 Å². The highest BCUT2D eigenvalue weighted by atomic mass is 32.2. The Morgan fingerprint density at radius 3 is 2.76 bits per heavy atom. The zero-order valence-electron chi connectivity index (χ0n) is 12.3. The zero-order valence-corrected chi connectivity index (χ0v) is 13.1. The van der Waals surface area contributed by atoms with E-state index < -0.39 is 10.0 Å². The van der Waals surface area contributed by atoms with E-state index >= 15 is 0 Å². The SMILES string of the molecule is CCNCc1cc(S(=O)(=O)Nc2cnccc2C)c(C)o1. The lowest BCUT2D eigenvalue weighted by atomic mass is 10.3. The third kappa shape index (κ3) is 3.62. The summed E-state index contributed by atoms with van der Waals surface area (Å²) in [5.74, 6) is 0.967. The van der Waals surface area contributed by atoms with Gasteiger partial charge >= 0.3 is 0 Å². The van der Waals surface area contributed by atoms with Gasteiger partial charge in [-0.1, -0.05) is 6.92 Å². The summed E-state index contributed by atoms with van der Waals surface area (Å²) >= 11 is 0. The lowest BCUT2D eigenvalue weighted by molar-refractivity contribution is 0.460. The maximum absolute atomic E-state index is 12.4. The Labute approximate surface area is 124 Å². The number of aromatic nitrogens is 1. The largest absolute Gasteiger partial charge is 0.464 e. The fourth-order valence-corrected chi connectivity index (χ4v) is 3.22. The van der Waals surface area contributed by atoms with E-state index in [0.29, 0.717) is 23.8 Å². The van der Waals surface area contributed by atoms with Gasteiger partial charge in [0.25, 0.3) is 10.0 Å². The monoisotopic (exact) mass is 309 g/mol. The predicted molar refractivity (Wildman–Crippen MR) is 80.6 cm³/mol. The summed E-state index contributed by atoms with van der Waals surface area (Å²) in [6.07, 6.45) is 3.10. The maximum atomic E-state index is 12.4. The minimum absolute atomic E-state index is 0.152. The van der Waals surface area contributed by atoms with Crippen LogP contribution in [0.3, 0.4) is 0 Å². The molecule has 0 unspecified atom stereocenters. The van der Waals surface area contributed by atoms with Crippen molar-refractivity contribution in [2.75, 3.05) is 11.3 Å². The van der Waals surface area contributed by atoms with Crippen molar-refractivity contribution < 1.29 is 12.8 Å². The molecule has 6 nitrogen and oxygen atoms in total. The molecular formula is C14H19N3O3S. The Hall–Kier alpha value is -1.86. The highest BCUT2D eigenvalue weighted by Gasteiger charge is 2.22. The van der Waals surface area contributed by atoms with Gasteiger partial charge in [0.2, 0.25) is 0 Å². The third-order valence-corrected chi connectivity index (χ3v) is 4.52. The molecule has 0 bridgehead atoms. The third-order valence-electron chi connectivity index (χ3n) is 3.05. The zero-order chi connectivity index (χ0) is 15.5. The van der Waals surface area contributed by atoms with Crippen LogP contribution in [0.1, 0.15) is 24.0 Å². The molecule has 2 aromatic heterocycles. The molecule has 0 spiro atoms. The molecule has 2 aromatic rings. The average molecular weight is 309 g/mol. The van der Waals surface area contributed by atoms with E-state index in [1.165, 1.54) is 6.20 Å². The molecular weight excluding hydrogens is 290 g/mol. The van der Waals surface area contributed by atoms with Crippen molar-refractivity contribution in [3.63, 3.8) is 0 Å². The first-order valence-electron chi connectivity index (χ1n) is 6.67. The van der Waals surface area contributed by atoms with Gasteiger partial charge in [-0.2, -0.15) is 0 Å². The van der Waals surface area contributed by atoms with E-state index in [-0.39, 0.29) is 4.90 Å². The predicted octanol–water partition coefficient (Wildman–Crippen LogP) is 2.20. The molecule has 0 saturated carbocycles. The molecule has 0 aliphatic rings. The molecule has 0 aliphatic heterocycles. The lowest BCUT2D eigenvalue weighted by Crippen LogP contribution is -2.14. The molecule has 2 rings (SSSR count). The maximum Gasteiger partial charge on any atom is 0.265 e. The first-order valence-corrected chi connectivity index (χ1v) is 8.16. The molecule has 21 heavy (non-hydrogen) atoms. The Morgan fingerprint density at radius 1 is 1.33 bits per heavy atom. The van der Waals surface area contributed by atoms with Crippen LogP contribution in [0.15, 0.2) is 33.8 Å². The summed E-state index contributed by atoms with van der Waals surface area (Å²) in [4.78, 5) is 4.08. The number of rotatable bonds is 6. The van der Waals surface area contributed by atoms with Gasteiger partial charge in [-0.05, 0) is 32.0 Å². The number of anilines is 1. The van der Waals surface area contributed by atoms with Gasteiger partial charge in [0, 0.05) is 12.3 Å². The standard InChI is InChI=1S/C14H19N3O3S/c1-4-15-8-12-7-14(11(3)20-12)21(18,19)17-13-9-16-6-5-10(13)2/h5-7,9,15,17H,4,8H2,1-3H3. The Bertz CT molecular complexity index is 723. The van der Waals surface area contributed by atoms with Gasteiger partial charge in [0.05, 0.1) is 18.4 Å². The van der Waals surface area contributed by atoms with Crippen LogP contribution in [0.2, 0.25) is 0 Å². The van der Waals surface area contributed by atoms with Crippen LogP contribution < -0.4 is 10.0 Å². The van der Waals surface area contributed by atoms with Crippen LogP contribution in [-0.2, 0) is 16.6 Å². The average Bonchev–Trinajstić information content (AvgIpc) is 2.81. The summed E-state index contributed by atoms with van der Waals surface area (Å²) < 4.78 is 32.9. The highest BCUT2D eigenvalue weighted by Crippen LogP contribution is 2.23. The van der Waals surface area contributed by atoms with E-state index in [0.717, 1.165) is 12.1 Å².